The first kappa shape index (κ1) is 24.9. The van der Waals surface area contributed by atoms with Crippen LogP contribution in [0.4, 0.5) is 17.5 Å². The number of anilines is 3. The second kappa shape index (κ2) is 10.4. The zero-order chi connectivity index (χ0) is 25.4. The van der Waals surface area contributed by atoms with Gasteiger partial charge in [0, 0.05) is 36.6 Å². The molecule has 0 amide bonds. The van der Waals surface area contributed by atoms with Crippen LogP contribution in [-0.4, -0.2) is 69.6 Å². The lowest BCUT2D eigenvalue weighted by molar-refractivity contribution is -0.129. The molecule has 8 heteroatoms. The minimum absolute atomic E-state index is 0.309. The molecular formula is C29H41N5O3. The Balaban J connectivity index is 1.02. The molecule has 1 aliphatic heterocycles. The Hall–Kier alpha value is -2.42. The van der Waals surface area contributed by atoms with Crippen molar-refractivity contribution in [2.75, 3.05) is 43.5 Å². The largest absolute Gasteiger partial charge is 0.492 e. The van der Waals surface area contributed by atoms with Crippen molar-refractivity contribution in [3.8, 4) is 5.75 Å². The maximum atomic E-state index is 10.9. The molecule has 37 heavy (non-hydrogen) atoms. The van der Waals surface area contributed by atoms with Crippen molar-refractivity contribution in [2.45, 2.75) is 63.5 Å². The Bertz CT molecular complexity index is 1060. The first-order valence-corrected chi connectivity index (χ1v) is 14.1. The molecule has 8 nitrogen and oxygen atoms in total. The normalized spacial score (nSPS) is 31.4. The fraction of sp³-hybridized carbons (Fsp3) is 0.655. The molecule has 1 aromatic heterocycles. The average molecular weight is 508 g/mol. The molecule has 1 saturated heterocycles. The fourth-order valence-electron chi connectivity index (χ4n) is 7.47. The standard InChI is InChI=1S/C29H41N5O3/c1-19-17-30-28(33-27(19)32-26-22-12-21-13-23(26)16-29(36,14-21)15-22)31-24-2-4-25(5-3-24)37-11-10-34-8-6-20(18-35)7-9-34/h2-5,17,20-23,26,35-36H,6-16,18H2,1H3,(H2,30,31,32,33). The second-order valence-corrected chi connectivity index (χ2v) is 12.1. The van der Waals surface area contributed by atoms with Crippen LogP contribution in [-0.2, 0) is 0 Å². The van der Waals surface area contributed by atoms with Crippen LogP contribution in [0, 0.1) is 30.6 Å². The predicted octanol–water partition coefficient (Wildman–Crippen LogP) is 3.96. The van der Waals surface area contributed by atoms with Gasteiger partial charge in [0.25, 0.3) is 0 Å². The number of aliphatic hydroxyl groups is 2. The average Bonchev–Trinajstić information content (AvgIpc) is 2.88. The summed E-state index contributed by atoms with van der Waals surface area (Å²) in [6.45, 7) is 6.01. The lowest BCUT2D eigenvalue weighted by Gasteiger charge is -2.58. The lowest BCUT2D eigenvalue weighted by Crippen LogP contribution is -2.59. The number of likely N-dealkylation sites (tertiary alicyclic amines) is 1. The summed E-state index contributed by atoms with van der Waals surface area (Å²) in [5, 5.41) is 27.3. The minimum atomic E-state index is -0.421. The predicted molar refractivity (Wildman–Crippen MR) is 144 cm³/mol. The van der Waals surface area contributed by atoms with Crippen molar-refractivity contribution in [1.29, 1.82) is 0 Å². The second-order valence-electron chi connectivity index (χ2n) is 12.1. The molecule has 0 spiro atoms. The lowest BCUT2D eigenvalue weighted by atomic mass is 9.52. The number of hydrogen-bond acceptors (Lipinski definition) is 8. The highest BCUT2D eigenvalue weighted by Crippen LogP contribution is 2.56. The summed E-state index contributed by atoms with van der Waals surface area (Å²) in [4.78, 5) is 11.7. The van der Waals surface area contributed by atoms with Gasteiger partial charge in [-0.25, -0.2) is 4.98 Å². The van der Waals surface area contributed by atoms with Crippen LogP contribution in [0.15, 0.2) is 30.5 Å². The van der Waals surface area contributed by atoms with Gasteiger partial charge in [0.15, 0.2) is 0 Å². The Morgan fingerprint density at radius 1 is 1.08 bits per heavy atom. The maximum absolute atomic E-state index is 10.9. The number of rotatable bonds is 9. The first-order valence-electron chi connectivity index (χ1n) is 14.1. The van der Waals surface area contributed by atoms with Crippen molar-refractivity contribution >= 4 is 17.5 Å². The van der Waals surface area contributed by atoms with Crippen LogP contribution < -0.4 is 15.4 Å². The van der Waals surface area contributed by atoms with Gasteiger partial charge in [-0.1, -0.05) is 0 Å². The monoisotopic (exact) mass is 507 g/mol. The van der Waals surface area contributed by atoms with Crippen LogP contribution in [0.3, 0.4) is 0 Å². The van der Waals surface area contributed by atoms with E-state index in [0.29, 0.717) is 48.9 Å². The summed E-state index contributed by atoms with van der Waals surface area (Å²) >= 11 is 0. The fourth-order valence-corrected chi connectivity index (χ4v) is 7.47. The van der Waals surface area contributed by atoms with E-state index in [1.165, 1.54) is 12.8 Å². The number of aromatic nitrogens is 2. The third-order valence-corrected chi connectivity index (χ3v) is 9.27. The number of aliphatic hydroxyl groups excluding tert-OH is 1. The quantitative estimate of drug-likeness (QED) is 0.405. The van der Waals surface area contributed by atoms with Crippen molar-refractivity contribution in [2.24, 2.45) is 23.7 Å². The number of nitrogens with one attached hydrogen (secondary N) is 2. The van der Waals surface area contributed by atoms with E-state index in [-0.39, 0.29) is 0 Å². The molecule has 1 aromatic carbocycles. The van der Waals surface area contributed by atoms with E-state index < -0.39 is 5.60 Å². The molecule has 200 valence electrons. The zero-order valence-electron chi connectivity index (χ0n) is 21.9. The number of benzene rings is 1. The smallest absolute Gasteiger partial charge is 0.229 e. The molecule has 4 aliphatic carbocycles. The summed E-state index contributed by atoms with van der Waals surface area (Å²) in [6, 6.07) is 8.34. The summed E-state index contributed by atoms with van der Waals surface area (Å²) in [7, 11) is 0. The van der Waals surface area contributed by atoms with E-state index in [0.717, 1.165) is 74.6 Å². The molecule has 2 heterocycles. The molecular weight excluding hydrogens is 466 g/mol. The van der Waals surface area contributed by atoms with Crippen molar-refractivity contribution in [3.63, 3.8) is 0 Å². The van der Waals surface area contributed by atoms with Crippen LogP contribution in [0.2, 0.25) is 0 Å². The zero-order valence-corrected chi connectivity index (χ0v) is 21.9. The van der Waals surface area contributed by atoms with E-state index in [1.54, 1.807) is 0 Å². The van der Waals surface area contributed by atoms with E-state index in [4.69, 9.17) is 9.72 Å². The van der Waals surface area contributed by atoms with Gasteiger partial charge < -0.3 is 25.6 Å². The van der Waals surface area contributed by atoms with Gasteiger partial charge >= 0.3 is 0 Å². The van der Waals surface area contributed by atoms with Gasteiger partial charge in [-0.2, -0.15) is 4.98 Å². The van der Waals surface area contributed by atoms with E-state index in [1.807, 2.05) is 30.5 Å². The maximum Gasteiger partial charge on any atom is 0.229 e. The molecule has 4 N–H and O–H groups in total. The molecule has 7 rings (SSSR count). The summed E-state index contributed by atoms with van der Waals surface area (Å²) in [6.07, 6.45) is 9.31. The van der Waals surface area contributed by atoms with Crippen molar-refractivity contribution in [3.05, 3.63) is 36.0 Å². The number of piperidine rings is 1. The minimum Gasteiger partial charge on any atom is -0.492 e. The SMILES string of the molecule is Cc1cnc(Nc2ccc(OCCN3CCC(CO)CC3)cc2)nc1NC1C2CC3CC1CC(O)(C3)C2. The Morgan fingerprint density at radius 3 is 2.49 bits per heavy atom. The summed E-state index contributed by atoms with van der Waals surface area (Å²) in [5.74, 6) is 4.55. The molecule has 4 saturated carbocycles. The van der Waals surface area contributed by atoms with Crippen molar-refractivity contribution < 1.29 is 14.9 Å². The topological polar surface area (TPSA) is 103 Å². The Morgan fingerprint density at radius 2 is 1.81 bits per heavy atom. The van der Waals surface area contributed by atoms with Gasteiger partial charge in [0.05, 0.1) is 5.60 Å². The van der Waals surface area contributed by atoms with Crippen LogP contribution in [0.1, 0.15) is 50.5 Å². The number of ether oxygens (including phenoxy) is 1. The molecule has 2 unspecified atom stereocenters. The van der Waals surface area contributed by atoms with Gasteiger partial charge in [-0.15, -0.1) is 0 Å². The van der Waals surface area contributed by atoms with Crippen molar-refractivity contribution in [1.82, 2.24) is 14.9 Å². The van der Waals surface area contributed by atoms with Crippen LogP contribution >= 0.6 is 0 Å². The third kappa shape index (κ3) is 5.56. The molecule has 2 atom stereocenters. The summed E-state index contributed by atoms with van der Waals surface area (Å²) < 4.78 is 5.96. The summed E-state index contributed by atoms with van der Waals surface area (Å²) in [5.41, 5.74) is 1.54. The van der Waals surface area contributed by atoms with Gasteiger partial charge in [-0.3, -0.25) is 4.90 Å². The highest BCUT2D eigenvalue weighted by Gasteiger charge is 2.54. The van der Waals surface area contributed by atoms with Gasteiger partial charge in [-0.05, 0) is 113 Å². The number of aryl methyl sites for hydroxylation is 1. The highest BCUT2D eigenvalue weighted by atomic mass is 16.5. The van der Waals surface area contributed by atoms with Gasteiger partial charge in [0.2, 0.25) is 5.95 Å². The molecule has 2 aromatic rings. The Labute approximate surface area is 219 Å². The van der Waals surface area contributed by atoms with E-state index >= 15 is 0 Å². The number of hydrogen-bond donors (Lipinski definition) is 4. The van der Waals surface area contributed by atoms with E-state index in [9.17, 15) is 10.2 Å². The third-order valence-electron chi connectivity index (χ3n) is 9.27. The first-order chi connectivity index (χ1) is 18.0. The molecule has 5 aliphatic rings. The van der Waals surface area contributed by atoms with Crippen LogP contribution in [0.25, 0.3) is 0 Å². The Kier molecular flexibility index (Phi) is 6.99. The molecule has 5 fully saturated rings. The van der Waals surface area contributed by atoms with E-state index in [2.05, 4.69) is 27.4 Å². The van der Waals surface area contributed by atoms with Crippen LogP contribution in [0.5, 0.6) is 5.75 Å². The van der Waals surface area contributed by atoms with Gasteiger partial charge in [0.1, 0.15) is 18.2 Å². The molecule has 4 bridgehead atoms. The highest BCUT2D eigenvalue weighted by molar-refractivity contribution is 5.57. The molecule has 0 radical (unpaired) electrons. The number of nitrogens with zero attached hydrogens (tertiary/aromatic N) is 3.